The minimum Gasteiger partial charge on any atom is -0.491 e. The van der Waals surface area contributed by atoms with Gasteiger partial charge in [-0.15, -0.1) is 0 Å². The first-order valence-corrected chi connectivity index (χ1v) is 5.75. The van der Waals surface area contributed by atoms with E-state index in [1.807, 2.05) is 38.1 Å². The molecule has 0 atom stereocenters. The zero-order valence-corrected chi connectivity index (χ0v) is 10.4. The van der Waals surface area contributed by atoms with Gasteiger partial charge in [-0.2, -0.15) is 0 Å². The predicted molar refractivity (Wildman–Crippen MR) is 71.9 cm³/mol. The number of aromatic nitrogens is 2. The van der Waals surface area contributed by atoms with Crippen LogP contribution in [0.5, 0.6) is 5.75 Å². The molecule has 0 radical (unpaired) electrons. The quantitative estimate of drug-likeness (QED) is 0.864. The monoisotopic (exact) mass is 244 g/mol. The number of anilines is 3. The van der Waals surface area contributed by atoms with Crippen LogP contribution in [0.25, 0.3) is 0 Å². The smallest absolute Gasteiger partial charge is 0.149 e. The van der Waals surface area contributed by atoms with Crippen LogP contribution in [0.3, 0.4) is 0 Å². The van der Waals surface area contributed by atoms with E-state index in [2.05, 4.69) is 15.3 Å². The molecule has 3 N–H and O–H groups in total. The van der Waals surface area contributed by atoms with Gasteiger partial charge in [0.2, 0.25) is 0 Å². The molecule has 5 heteroatoms. The number of nitrogen functional groups attached to an aromatic ring is 1. The Kier molecular flexibility index (Phi) is 3.62. The number of rotatable bonds is 4. The number of hydrogen-bond acceptors (Lipinski definition) is 5. The molecule has 0 saturated carbocycles. The molecule has 5 nitrogen and oxygen atoms in total. The minimum atomic E-state index is 0.173. The number of hydrogen-bond donors (Lipinski definition) is 2. The van der Waals surface area contributed by atoms with E-state index in [-0.39, 0.29) is 6.10 Å². The lowest BCUT2D eigenvalue weighted by Gasteiger charge is -2.10. The van der Waals surface area contributed by atoms with Crippen molar-refractivity contribution < 1.29 is 4.74 Å². The fourth-order valence-corrected chi connectivity index (χ4v) is 1.44. The highest BCUT2D eigenvalue weighted by Gasteiger charge is 1.99. The van der Waals surface area contributed by atoms with Gasteiger partial charge in [-0.25, -0.2) is 9.97 Å². The number of benzene rings is 1. The predicted octanol–water partition coefficient (Wildman–Crippen LogP) is 2.59. The molecule has 2 rings (SSSR count). The van der Waals surface area contributed by atoms with Crippen molar-refractivity contribution in [2.45, 2.75) is 20.0 Å². The summed E-state index contributed by atoms with van der Waals surface area (Å²) in [7, 11) is 0. The summed E-state index contributed by atoms with van der Waals surface area (Å²) in [5.74, 6) is 1.90. The van der Waals surface area contributed by atoms with Crippen molar-refractivity contribution in [2.75, 3.05) is 11.1 Å². The van der Waals surface area contributed by atoms with E-state index in [0.717, 1.165) is 11.4 Å². The molecule has 0 aliphatic rings. The van der Waals surface area contributed by atoms with E-state index in [0.29, 0.717) is 11.6 Å². The average Bonchev–Trinajstić information content (AvgIpc) is 2.34. The topological polar surface area (TPSA) is 73.1 Å². The molecule has 0 unspecified atom stereocenters. The Morgan fingerprint density at radius 3 is 2.39 bits per heavy atom. The van der Waals surface area contributed by atoms with Crippen LogP contribution in [0, 0.1) is 0 Å². The number of nitrogens with two attached hydrogens (primary N) is 1. The van der Waals surface area contributed by atoms with E-state index in [4.69, 9.17) is 10.5 Å². The number of nitrogens with zero attached hydrogens (tertiary/aromatic N) is 2. The number of ether oxygens (including phenoxy) is 1. The zero-order valence-electron chi connectivity index (χ0n) is 10.4. The van der Waals surface area contributed by atoms with Crippen LogP contribution in [0.1, 0.15) is 13.8 Å². The Labute approximate surface area is 106 Å². The fourth-order valence-electron chi connectivity index (χ4n) is 1.44. The molecule has 0 spiro atoms. The van der Waals surface area contributed by atoms with E-state index in [9.17, 15) is 0 Å². The zero-order chi connectivity index (χ0) is 13.0. The minimum absolute atomic E-state index is 0.173. The van der Waals surface area contributed by atoms with Gasteiger partial charge in [0.05, 0.1) is 18.5 Å². The lowest BCUT2D eigenvalue weighted by Crippen LogP contribution is -2.05. The molecular formula is C13H16N4O. The second-order valence-corrected chi connectivity index (χ2v) is 4.14. The van der Waals surface area contributed by atoms with Crippen molar-refractivity contribution in [3.63, 3.8) is 0 Å². The average molecular weight is 244 g/mol. The molecule has 1 aromatic carbocycles. The van der Waals surface area contributed by atoms with Gasteiger partial charge in [0.15, 0.2) is 0 Å². The second-order valence-electron chi connectivity index (χ2n) is 4.14. The molecule has 0 fully saturated rings. The van der Waals surface area contributed by atoms with Crippen LogP contribution in [-0.4, -0.2) is 16.1 Å². The molecule has 0 aliphatic heterocycles. The molecule has 0 saturated heterocycles. The highest BCUT2D eigenvalue weighted by Crippen LogP contribution is 2.19. The Hall–Kier alpha value is -2.30. The molecule has 0 amide bonds. The molecule has 2 aromatic rings. The van der Waals surface area contributed by atoms with Gasteiger partial charge in [0, 0.05) is 5.69 Å². The molecule has 94 valence electrons. The van der Waals surface area contributed by atoms with Crippen LogP contribution >= 0.6 is 0 Å². The van der Waals surface area contributed by atoms with Gasteiger partial charge < -0.3 is 15.8 Å². The van der Waals surface area contributed by atoms with Gasteiger partial charge >= 0.3 is 0 Å². The van der Waals surface area contributed by atoms with Gasteiger partial charge in [-0.1, -0.05) is 0 Å². The van der Waals surface area contributed by atoms with E-state index < -0.39 is 0 Å². The van der Waals surface area contributed by atoms with E-state index in [1.165, 1.54) is 6.20 Å². The lowest BCUT2D eigenvalue weighted by molar-refractivity contribution is 0.242. The summed E-state index contributed by atoms with van der Waals surface area (Å²) in [6.07, 6.45) is 3.28. The third-order valence-corrected chi connectivity index (χ3v) is 2.17. The highest BCUT2D eigenvalue weighted by atomic mass is 16.5. The lowest BCUT2D eigenvalue weighted by atomic mass is 10.3. The van der Waals surface area contributed by atoms with Crippen molar-refractivity contribution in [1.29, 1.82) is 0 Å². The van der Waals surface area contributed by atoms with Crippen molar-refractivity contribution in [1.82, 2.24) is 9.97 Å². The summed E-state index contributed by atoms with van der Waals surface area (Å²) in [5, 5.41) is 3.13. The van der Waals surface area contributed by atoms with Gasteiger partial charge in [-0.05, 0) is 38.1 Å². The van der Waals surface area contributed by atoms with Crippen LogP contribution in [0.4, 0.5) is 17.3 Å². The fraction of sp³-hybridized carbons (Fsp3) is 0.231. The van der Waals surface area contributed by atoms with Crippen molar-refractivity contribution in [3.05, 3.63) is 36.7 Å². The van der Waals surface area contributed by atoms with Crippen molar-refractivity contribution in [2.24, 2.45) is 0 Å². The van der Waals surface area contributed by atoms with Crippen LogP contribution < -0.4 is 15.8 Å². The van der Waals surface area contributed by atoms with Crippen LogP contribution in [0.15, 0.2) is 36.7 Å². The molecule has 18 heavy (non-hydrogen) atoms. The second kappa shape index (κ2) is 5.35. The summed E-state index contributed by atoms with van der Waals surface area (Å²) < 4.78 is 5.56. The van der Waals surface area contributed by atoms with Crippen molar-refractivity contribution >= 4 is 17.3 Å². The van der Waals surface area contributed by atoms with Gasteiger partial charge in [0.1, 0.15) is 17.4 Å². The third kappa shape index (κ3) is 3.35. The summed E-state index contributed by atoms with van der Waals surface area (Å²) in [6, 6.07) is 7.67. The summed E-state index contributed by atoms with van der Waals surface area (Å²) in [6.45, 7) is 3.99. The Balaban J connectivity index is 2.04. The standard InChI is InChI=1S/C13H16N4O/c1-9(2)18-11-5-3-10(4-6-11)17-13-8-15-12(14)7-16-13/h3-9H,1-2H3,(H2,14,15)(H,16,17). The van der Waals surface area contributed by atoms with Gasteiger partial charge in [0.25, 0.3) is 0 Å². The maximum absolute atomic E-state index is 5.56. The maximum Gasteiger partial charge on any atom is 0.149 e. The van der Waals surface area contributed by atoms with E-state index >= 15 is 0 Å². The van der Waals surface area contributed by atoms with Crippen molar-refractivity contribution in [3.8, 4) is 5.75 Å². The molecule has 1 heterocycles. The molecule has 0 bridgehead atoms. The molecular weight excluding hydrogens is 228 g/mol. The first-order chi connectivity index (χ1) is 8.63. The van der Waals surface area contributed by atoms with Gasteiger partial charge in [-0.3, -0.25) is 0 Å². The maximum atomic E-state index is 5.56. The summed E-state index contributed by atoms with van der Waals surface area (Å²) >= 11 is 0. The first kappa shape index (κ1) is 12.2. The Morgan fingerprint density at radius 2 is 1.83 bits per heavy atom. The largest absolute Gasteiger partial charge is 0.491 e. The number of nitrogens with one attached hydrogen (secondary N) is 1. The van der Waals surface area contributed by atoms with Crippen LogP contribution in [-0.2, 0) is 0 Å². The Morgan fingerprint density at radius 1 is 1.11 bits per heavy atom. The Bertz CT molecular complexity index is 493. The molecule has 1 aromatic heterocycles. The highest BCUT2D eigenvalue weighted by molar-refractivity contribution is 5.56. The normalized spacial score (nSPS) is 10.4. The molecule has 0 aliphatic carbocycles. The van der Waals surface area contributed by atoms with E-state index in [1.54, 1.807) is 6.20 Å². The third-order valence-electron chi connectivity index (χ3n) is 2.17. The summed E-state index contributed by atoms with van der Waals surface area (Å²) in [4.78, 5) is 8.07. The first-order valence-electron chi connectivity index (χ1n) is 5.75. The summed E-state index contributed by atoms with van der Waals surface area (Å²) in [5.41, 5.74) is 6.39. The SMILES string of the molecule is CC(C)Oc1ccc(Nc2cnc(N)cn2)cc1. The van der Waals surface area contributed by atoms with Crippen LogP contribution in [0.2, 0.25) is 0 Å².